The lowest BCUT2D eigenvalue weighted by Gasteiger charge is -2.17. The van der Waals surface area contributed by atoms with E-state index in [0.29, 0.717) is 0 Å². The van der Waals surface area contributed by atoms with Gasteiger partial charge < -0.3 is 5.73 Å². The number of hydrogen-bond donors (Lipinski definition) is 2. The molecule has 0 saturated heterocycles. The van der Waals surface area contributed by atoms with E-state index in [1.807, 2.05) is 23.1 Å². The van der Waals surface area contributed by atoms with Gasteiger partial charge >= 0.3 is 10.2 Å². The molecule has 0 aliphatic rings. The van der Waals surface area contributed by atoms with Crippen molar-refractivity contribution in [1.82, 2.24) is 9.19 Å². The first kappa shape index (κ1) is 14.6. The largest absolute Gasteiger partial charge is 0.368 e. The van der Waals surface area contributed by atoms with Crippen LogP contribution in [0.2, 0.25) is 0 Å². The number of carbonyl (C=O) groups excluding carboxylic acids is 1. The van der Waals surface area contributed by atoms with E-state index in [4.69, 9.17) is 5.73 Å². The summed E-state index contributed by atoms with van der Waals surface area (Å²) in [4.78, 5) is 16.7. The first-order chi connectivity index (χ1) is 8.42. The molecule has 0 unspecified atom stereocenters. The number of benzene rings is 1. The van der Waals surface area contributed by atoms with E-state index in [-0.39, 0.29) is 6.54 Å². The summed E-state index contributed by atoms with van der Waals surface area (Å²) >= 11 is 0. The van der Waals surface area contributed by atoms with Gasteiger partial charge in [-0.1, -0.05) is 35.2 Å². The Labute approximate surface area is 106 Å². The van der Waals surface area contributed by atoms with Crippen molar-refractivity contribution >= 4 is 16.1 Å². The number of rotatable bonds is 7. The number of carbonyl (C=O) groups is 1. The van der Waals surface area contributed by atoms with Crippen LogP contribution in [0.3, 0.4) is 0 Å². The molecule has 18 heavy (non-hydrogen) atoms. The Hall–Kier alpha value is -1.48. The van der Waals surface area contributed by atoms with Gasteiger partial charge in [0.1, 0.15) is 6.61 Å². The lowest BCUT2D eigenvalue weighted by molar-refractivity contribution is -0.123. The highest BCUT2D eigenvalue weighted by Gasteiger charge is 2.18. The van der Waals surface area contributed by atoms with Crippen LogP contribution in [0.1, 0.15) is 5.56 Å². The number of nitrogens with zero attached hydrogens (tertiary/aromatic N) is 1. The molecule has 0 fully saturated rings. The second-order valence-corrected chi connectivity index (χ2v) is 5.33. The van der Waals surface area contributed by atoms with Gasteiger partial charge in [-0.05, 0) is 5.56 Å². The number of hydrogen-bond acceptors (Lipinski definition) is 4. The SMILES string of the molecule is CN(Cc1ccccc1)S(=O)(=O)NOCC(N)=O. The van der Waals surface area contributed by atoms with Crippen LogP contribution < -0.4 is 10.6 Å². The van der Waals surface area contributed by atoms with Crippen LogP contribution in [0.5, 0.6) is 0 Å². The summed E-state index contributed by atoms with van der Waals surface area (Å²) in [6.45, 7) is -0.325. The Morgan fingerprint density at radius 2 is 2.00 bits per heavy atom. The van der Waals surface area contributed by atoms with Gasteiger partial charge in [-0.2, -0.15) is 12.7 Å². The molecule has 8 heteroatoms. The Kier molecular flexibility index (Phi) is 5.23. The minimum atomic E-state index is -3.80. The van der Waals surface area contributed by atoms with Crippen LogP contribution >= 0.6 is 0 Å². The highest BCUT2D eigenvalue weighted by Crippen LogP contribution is 2.05. The zero-order chi connectivity index (χ0) is 13.6. The summed E-state index contributed by atoms with van der Waals surface area (Å²) in [6.07, 6.45) is 0. The predicted octanol–water partition coefficient (Wildman–Crippen LogP) is -0.630. The molecule has 1 aromatic carbocycles. The quantitative estimate of drug-likeness (QED) is 0.646. The van der Waals surface area contributed by atoms with Crippen LogP contribution in [-0.2, 0) is 26.4 Å². The molecular formula is C10H15N3O4S. The molecule has 100 valence electrons. The molecule has 0 atom stereocenters. The molecule has 1 amide bonds. The number of nitrogens with two attached hydrogens (primary N) is 1. The van der Waals surface area contributed by atoms with Gasteiger partial charge in [0.2, 0.25) is 5.91 Å². The maximum Gasteiger partial charge on any atom is 0.301 e. The van der Waals surface area contributed by atoms with Gasteiger partial charge in [-0.15, -0.1) is 0 Å². The van der Waals surface area contributed by atoms with E-state index >= 15 is 0 Å². The smallest absolute Gasteiger partial charge is 0.301 e. The molecule has 0 bridgehead atoms. The van der Waals surface area contributed by atoms with E-state index in [9.17, 15) is 13.2 Å². The first-order valence-electron chi connectivity index (χ1n) is 5.09. The van der Waals surface area contributed by atoms with Crippen molar-refractivity contribution in [3.8, 4) is 0 Å². The topological polar surface area (TPSA) is 102 Å². The number of amides is 1. The fourth-order valence-corrected chi connectivity index (χ4v) is 1.82. The third-order valence-electron chi connectivity index (χ3n) is 2.04. The van der Waals surface area contributed by atoms with E-state index in [1.54, 1.807) is 12.1 Å². The lowest BCUT2D eigenvalue weighted by Crippen LogP contribution is -2.39. The molecule has 1 rings (SSSR count). The van der Waals surface area contributed by atoms with E-state index in [1.165, 1.54) is 7.05 Å². The summed E-state index contributed by atoms with van der Waals surface area (Å²) in [7, 11) is -2.41. The van der Waals surface area contributed by atoms with Crippen molar-refractivity contribution in [2.75, 3.05) is 13.7 Å². The van der Waals surface area contributed by atoms with E-state index < -0.39 is 22.7 Å². The Balaban J connectivity index is 2.54. The highest BCUT2D eigenvalue weighted by molar-refractivity contribution is 7.86. The first-order valence-corrected chi connectivity index (χ1v) is 6.53. The maximum atomic E-state index is 11.7. The fourth-order valence-electron chi connectivity index (χ4n) is 1.16. The van der Waals surface area contributed by atoms with Crippen LogP contribution in [-0.4, -0.2) is 32.3 Å². The molecule has 0 saturated carbocycles. The molecular weight excluding hydrogens is 258 g/mol. The minimum Gasteiger partial charge on any atom is -0.368 e. The number of nitrogens with one attached hydrogen (secondary N) is 1. The molecule has 0 heterocycles. The summed E-state index contributed by atoms with van der Waals surface area (Å²) in [5, 5.41) is 0. The monoisotopic (exact) mass is 273 g/mol. The molecule has 0 aliphatic heterocycles. The fraction of sp³-hybridized carbons (Fsp3) is 0.300. The lowest BCUT2D eigenvalue weighted by atomic mass is 10.2. The molecule has 1 aromatic rings. The van der Waals surface area contributed by atoms with Gasteiger partial charge in [-0.25, -0.2) is 0 Å². The molecule has 0 radical (unpaired) electrons. The van der Waals surface area contributed by atoms with Gasteiger partial charge in [0.15, 0.2) is 0 Å². The minimum absolute atomic E-state index is 0.191. The third kappa shape index (κ3) is 4.80. The van der Waals surface area contributed by atoms with E-state index in [2.05, 4.69) is 4.84 Å². The van der Waals surface area contributed by atoms with Crippen molar-refractivity contribution in [3.05, 3.63) is 35.9 Å². The number of primary amides is 1. The summed E-state index contributed by atoms with van der Waals surface area (Å²) in [6, 6.07) is 9.07. The Bertz CT molecular complexity index is 489. The summed E-state index contributed by atoms with van der Waals surface area (Å²) in [5.74, 6) is -0.761. The predicted molar refractivity (Wildman–Crippen MR) is 65.1 cm³/mol. The van der Waals surface area contributed by atoms with Crippen LogP contribution in [0.25, 0.3) is 0 Å². The van der Waals surface area contributed by atoms with Gasteiger partial charge in [-0.3, -0.25) is 9.63 Å². The van der Waals surface area contributed by atoms with Gasteiger partial charge in [0.25, 0.3) is 0 Å². The Morgan fingerprint density at radius 3 is 2.56 bits per heavy atom. The van der Waals surface area contributed by atoms with Crippen molar-refractivity contribution < 1.29 is 18.0 Å². The summed E-state index contributed by atoms with van der Waals surface area (Å²) < 4.78 is 24.4. The molecule has 0 aromatic heterocycles. The molecule has 3 N–H and O–H groups in total. The van der Waals surface area contributed by atoms with E-state index in [0.717, 1.165) is 9.87 Å². The highest BCUT2D eigenvalue weighted by atomic mass is 32.2. The van der Waals surface area contributed by atoms with Crippen LogP contribution in [0.4, 0.5) is 0 Å². The van der Waals surface area contributed by atoms with Crippen molar-refractivity contribution in [1.29, 1.82) is 0 Å². The maximum absolute atomic E-state index is 11.7. The molecule has 0 spiro atoms. The second-order valence-electron chi connectivity index (χ2n) is 3.59. The van der Waals surface area contributed by atoms with Gasteiger partial charge in [0, 0.05) is 13.6 Å². The van der Waals surface area contributed by atoms with Crippen LogP contribution in [0.15, 0.2) is 30.3 Å². The van der Waals surface area contributed by atoms with Gasteiger partial charge in [0.05, 0.1) is 0 Å². The average Bonchev–Trinajstić information content (AvgIpc) is 2.29. The molecule has 7 nitrogen and oxygen atoms in total. The van der Waals surface area contributed by atoms with Crippen LogP contribution in [0, 0.1) is 0 Å². The molecule has 0 aliphatic carbocycles. The van der Waals surface area contributed by atoms with Crippen molar-refractivity contribution in [2.45, 2.75) is 6.54 Å². The zero-order valence-electron chi connectivity index (χ0n) is 9.87. The average molecular weight is 273 g/mol. The van der Waals surface area contributed by atoms with Crippen molar-refractivity contribution in [3.63, 3.8) is 0 Å². The summed E-state index contributed by atoms with van der Waals surface area (Å²) in [5.41, 5.74) is 5.64. The third-order valence-corrected chi connectivity index (χ3v) is 3.32. The Morgan fingerprint density at radius 1 is 1.39 bits per heavy atom. The standard InChI is InChI=1S/C10H15N3O4S/c1-13(7-9-5-3-2-4-6-9)18(15,16)12-17-8-10(11)14/h2-6,12H,7-8H2,1H3,(H2,11,14). The normalized spacial score (nSPS) is 11.7. The zero-order valence-corrected chi connectivity index (χ0v) is 10.7. The second kappa shape index (κ2) is 6.45. The van der Waals surface area contributed by atoms with Crippen molar-refractivity contribution in [2.24, 2.45) is 5.73 Å².